The summed E-state index contributed by atoms with van der Waals surface area (Å²) in [6.07, 6.45) is 0. The van der Waals surface area contributed by atoms with Crippen LogP contribution in [0.4, 0.5) is 11.4 Å². The molecule has 1 aliphatic heterocycles. The van der Waals surface area contributed by atoms with Crippen molar-refractivity contribution in [1.82, 2.24) is 0 Å². The number of amides is 2. The molecule has 0 aliphatic carbocycles. The fraction of sp³-hybridized carbons (Fsp3) is 0.333. The lowest BCUT2D eigenvalue weighted by Gasteiger charge is -2.19. The van der Waals surface area contributed by atoms with Crippen molar-refractivity contribution in [1.29, 1.82) is 0 Å². The molecular formula is C12H13ClN2O3. The number of benzene rings is 1. The number of carbonyl (C=O) groups excluding carboxylic acids is 2. The van der Waals surface area contributed by atoms with Crippen LogP contribution in [0.2, 0.25) is 0 Å². The summed E-state index contributed by atoms with van der Waals surface area (Å²) in [7, 11) is 0. The van der Waals surface area contributed by atoms with Crippen molar-refractivity contribution in [2.45, 2.75) is 6.92 Å². The number of fused-ring (bicyclic) bond motifs is 1. The molecule has 0 saturated carbocycles. The summed E-state index contributed by atoms with van der Waals surface area (Å²) in [6, 6.07) is 5.08. The molecule has 1 aliphatic rings. The average molecular weight is 269 g/mol. The van der Waals surface area contributed by atoms with Crippen LogP contribution in [0.1, 0.15) is 6.92 Å². The molecule has 0 saturated heterocycles. The molecule has 1 unspecified atom stereocenters. The minimum absolute atomic E-state index is 0.0159. The molecule has 18 heavy (non-hydrogen) atoms. The Morgan fingerprint density at radius 3 is 3.11 bits per heavy atom. The first-order valence-corrected chi connectivity index (χ1v) is 6.07. The Kier molecular flexibility index (Phi) is 3.72. The van der Waals surface area contributed by atoms with Crippen LogP contribution in [-0.2, 0) is 9.59 Å². The Labute approximate surface area is 109 Å². The van der Waals surface area contributed by atoms with Gasteiger partial charge in [-0.15, -0.1) is 11.6 Å². The molecule has 0 aromatic heterocycles. The van der Waals surface area contributed by atoms with Crippen molar-refractivity contribution in [3.63, 3.8) is 0 Å². The van der Waals surface area contributed by atoms with Crippen LogP contribution in [0.3, 0.4) is 0 Å². The molecule has 2 N–H and O–H groups in total. The predicted molar refractivity (Wildman–Crippen MR) is 69.1 cm³/mol. The highest BCUT2D eigenvalue weighted by Crippen LogP contribution is 2.30. The summed E-state index contributed by atoms with van der Waals surface area (Å²) in [5.41, 5.74) is 1.16. The first-order valence-electron chi connectivity index (χ1n) is 5.53. The average Bonchev–Trinajstić information content (AvgIpc) is 2.37. The lowest BCUT2D eigenvalue weighted by Crippen LogP contribution is -2.26. The molecule has 2 rings (SSSR count). The predicted octanol–water partition coefficient (Wildman–Crippen LogP) is 1.83. The van der Waals surface area contributed by atoms with E-state index in [1.165, 1.54) is 0 Å². The van der Waals surface area contributed by atoms with Crippen molar-refractivity contribution < 1.29 is 14.3 Å². The van der Waals surface area contributed by atoms with Gasteiger partial charge in [0.15, 0.2) is 6.61 Å². The van der Waals surface area contributed by atoms with Crippen LogP contribution >= 0.6 is 11.6 Å². The van der Waals surface area contributed by atoms with Gasteiger partial charge >= 0.3 is 0 Å². The van der Waals surface area contributed by atoms with Gasteiger partial charge in [0.05, 0.1) is 5.69 Å². The number of rotatable bonds is 3. The number of alkyl halides is 1. The van der Waals surface area contributed by atoms with E-state index in [0.29, 0.717) is 17.1 Å². The quantitative estimate of drug-likeness (QED) is 0.822. The van der Waals surface area contributed by atoms with Crippen LogP contribution in [0.15, 0.2) is 18.2 Å². The number of hydrogen-bond acceptors (Lipinski definition) is 3. The molecular weight excluding hydrogens is 256 g/mol. The van der Waals surface area contributed by atoms with Gasteiger partial charge in [-0.1, -0.05) is 6.92 Å². The highest BCUT2D eigenvalue weighted by molar-refractivity contribution is 6.19. The molecule has 2 amide bonds. The van der Waals surface area contributed by atoms with Crippen molar-refractivity contribution in [3.05, 3.63) is 18.2 Å². The molecule has 1 heterocycles. The molecule has 0 bridgehead atoms. The SMILES string of the molecule is CC(CCl)C(=O)Nc1ccc2c(c1)NC(=O)CO2. The van der Waals surface area contributed by atoms with Crippen molar-refractivity contribution in [3.8, 4) is 5.75 Å². The van der Waals surface area contributed by atoms with E-state index in [9.17, 15) is 9.59 Å². The zero-order valence-corrected chi connectivity index (χ0v) is 10.6. The third kappa shape index (κ3) is 2.73. The molecule has 0 spiro atoms. The largest absolute Gasteiger partial charge is 0.482 e. The third-order valence-corrected chi connectivity index (χ3v) is 3.02. The van der Waals surface area contributed by atoms with E-state index in [1.807, 2.05) is 0 Å². The van der Waals surface area contributed by atoms with Crippen molar-refractivity contribution in [2.75, 3.05) is 23.1 Å². The summed E-state index contributed by atoms with van der Waals surface area (Å²) in [6.45, 7) is 1.76. The summed E-state index contributed by atoms with van der Waals surface area (Å²) >= 11 is 5.61. The van der Waals surface area contributed by atoms with E-state index in [4.69, 9.17) is 16.3 Å². The topological polar surface area (TPSA) is 67.4 Å². The Morgan fingerprint density at radius 1 is 1.61 bits per heavy atom. The van der Waals surface area contributed by atoms with E-state index >= 15 is 0 Å². The Balaban J connectivity index is 2.13. The zero-order chi connectivity index (χ0) is 13.1. The van der Waals surface area contributed by atoms with Gasteiger partial charge < -0.3 is 15.4 Å². The lowest BCUT2D eigenvalue weighted by atomic mass is 10.2. The first kappa shape index (κ1) is 12.7. The minimum Gasteiger partial charge on any atom is -0.482 e. The summed E-state index contributed by atoms with van der Waals surface area (Å²) in [5.74, 6) is 0.219. The monoisotopic (exact) mass is 268 g/mol. The van der Waals surface area contributed by atoms with E-state index < -0.39 is 0 Å². The van der Waals surface area contributed by atoms with Crippen LogP contribution in [0.25, 0.3) is 0 Å². The smallest absolute Gasteiger partial charge is 0.262 e. The number of ether oxygens (including phenoxy) is 1. The Hall–Kier alpha value is -1.75. The maximum atomic E-state index is 11.7. The summed E-state index contributed by atoms with van der Waals surface area (Å²) in [5, 5.41) is 5.40. The van der Waals surface area contributed by atoms with Crippen molar-refractivity contribution >= 4 is 34.8 Å². The van der Waals surface area contributed by atoms with Gasteiger partial charge in [0.25, 0.3) is 5.91 Å². The van der Waals surface area contributed by atoms with Crippen LogP contribution in [0.5, 0.6) is 5.75 Å². The first-order chi connectivity index (χ1) is 8.60. The standard InChI is InChI=1S/C12H13ClN2O3/c1-7(5-13)12(17)14-8-2-3-10-9(4-8)15-11(16)6-18-10/h2-4,7H,5-6H2,1H3,(H,14,17)(H,15,16). The van der Waals surface area contributed by atoms with Gasteiger partial charge in [0.1, 0.15) is 5.75 Å². The molecule has 5 nitrogen and oxygen atoms in total. The normalized spacial score (nSPS) is 15.1. The zero-order valence-electron chi connectivity index (χ0n) is 9.83. The second kappa shape index (κ2) is 5.27. The second-order valence-electron chi connectivity index (χ2n) is 4.09. The Morgan fingerprint density at radius 2 is 2.39 bits per heavy atom. The van der Waals surface area contributed by atoms with Gasteiger partial charge in [-0.3, -0.25) is 9.59 Å². The molecule has 1 aromatic rings. The third-order valence-electron chi connectivity index (χ3n) is 2.56. The van der Waals surface area contributed by atoms with Crippen LogP contribution in [-0.4, -0.2) is 24.3 Å². The van der Waals surface area contributed by atoms with Gasteiger partial charge in [0, 0.05) is 17.5 Å². The van der Waals surface area contributed by atoms with Crippen LogP contribution < -0.4 is 15.4 Å². The van der Waals surface area contributed by atoms with Crippen molar-refractivity contribution in [2.24, 2.45) is 5.92 Å². The minimum atomic E-state index is -0.270. The maximum absolute atomic E-state index is 11.7. The van der Waals surface area contributed by atoms with Gasteiger partial charge in [-0.2, -0.15) is 0 Å². The highest BCUT2D eigenvalue weighted by atomic mass is 35.5. The number of halogens is 1. The van der Waals surface area contributed by atoms with Crippen LogP contribution in [0, 0.1) is 5.92 Å². The number of carbonyl (C=O) groups is 2. The van der Waals surface area contributed by atoms with Gasteiger partial charge in [-0.05, 0) is 18.2 Å². The fourth-order valence-electron chi connectivity index (χ4n) is 1.50. The molecule has 0 fully saturated rings. The summed E-state index contributed by atoms with van der Waals surface area (Å²) < 4.78 is 5.22. The number of hydrogen-bond donors (Lipinski definition) is 2. The molecule has 1 aromatic carbocycles. The van der Waals surface area contributed by atoms with E-state index in [0.717, 1.165) is 0 Å². The molecule has 0 radical (unpaired) electrons. The summed E-state index contributed by atoms with van der Waals surface area (Å²) in [4.78, 5) is 22.8. The van der Waals surface area contributed by atoms with E-state index in [-0.39, 0.29) is 30.2 Å². The second-order valence-corrected chi connectivity index (χ2v) is 4.40. The molecule has 6 heteroatoms. The fourth-order valence-corrected chi connectivity index (χ4v) is 1.64. The highest BCUT2D eigenvalue weighted by Gasteiger charge is 2.17. The number of nitrogens with one attached hydrogen (secondary N) is 2. The molecule has 96 valence electrons. The van der Waals surface area contributed by atoms with Gasteiger partial charge in [-0.25, -0.2) is 0 Å². The Bertz CT molecular complexity index is 490. The maximum Gasteiger partial charge on any atom is 0.262 e. The lowest BCUT2D eigenvalue weighted by molar-refractivity contribution is -0.119. The van der Waals surface area contributed by atoms with E-state index in [2.05, 4.69) is 10.6 Å². The van der Waals surface area contributed by atoms with E-state index in [1.54, 1.807) is 25.1 Å². The molecule has 1 atom stereocenters. The number of anilines is 2. The van der Waals surface area contributed by atoms with Gasteiger partial charge in [0.2, 0.25) is 5.91 Å².